The number of hydrogen-bond acceptors (Lipinski definition) is 2. The van der Waals surface area contributed by atoms with Gasteiger partial charge in [-0.1, -0.05) is 51.8 Å². The average molecular weight is 429 g/mol. The van der Waals surface area contributed by atoms with E-state index in [9.17, 15) is 9.59 Å². The molecule has 142 valence electrons. The van der Waals surface area contributed by atoms with Crippen LogP contribution in [0.1, 0.15) is 40.7 Å². The number of nitrogens with one attached hydrogen (secondary N) is 1. The van der Waals surface area contributed by atoms with E-state index in [2.05, 4.69) is 52.4 Å². The standard InChI is InChI=1S/C22H25BrN2O2/c1-16-5-7-17(8-6-16)9-10-21(26)25-13-11-20(12-14-25)24-22(27)18-3-2-4-19(23)15-18/h2-8,15,20H,9-14H2,1H3,(H,24,27). The second-order valence-electron chi connectivity index (χ2n) is 7.12. The number of aryl methyl sites for hydroxylation is 2. The van der Waals surface area contributed by atoms with E-state index in [1.807, 2.05) is 29.2 Å². The van der Waals surface area contributed by atoms with Gasteiger partial charge in [0, 0.05) is 35.6 Å². The lowest BCUT2D eigenvalue weighted by Crippen LogP contribution is -2.46. The molecule has 3 rings (SSSR count). The molecular formula is C22H25BrN2O2. The van der Waals surface area contributed by atoms with Crippen LogP contribution in [0.3, 0.4) is 0 Å². The van der Waals surface area contributed by atoms with E-state index in [0.29, 0.717) is 25.1 Å². The molecule has 0 atom stereocenters. The fourth-order valence-electron chi connectivity index (χ4n) is 3.34. The Bertz CT molecular complexity index is 796. The molecule has 1 N–H and O–H groups in total. The molecule has 0 aromatic heterocycles. The maximum atomic E-state index is 12.5. The number of carbonyl (C=O) groups is 2. The Morgan fingerprint density at radius 2 is 1.81 bits per heavy atom. The molecule has 0 saturated carbocycles. The lowest BCUT2D eigenvalue weighted by Gasteiger charge is -2.32. The first-order valence-electron chi connectivity index (χ1n) is 9.41. The maximum Gasteiger partial charge on any atom is 0.251 e. The molecule has 2 aromatic rings. The average Bonchev–Trinajstić information content (AvgIpc) is 2.68. The fraction of sp³-hybridized carbons (Fsp3) is 0.364. The van der Waals surface area contributed by atoms with Crippen LogP contribution in [0.5, 0.6) is 0 Å². The van der Waals surface area contributed by atoms with E-state index < -0.39 is 0 Å². The highest BCUT2D eigenvalue weighted by Gasteiger charge is 2.24. The zero-order valence-electron chi connectivity index (χ0n) is 15.6. The van der Waals surface area contributed by atoms with Crippen molar-refractivity contribution in [2.75, 3.05) is 13.1 Å². The van der Waals surface area contributed by atoms with Gasteiger partial charge < -0.3 is 10.2 Å². The van der Waals surface area contributed by atoms with Gasteiger partial charge in [-0.05, 0) is 49.9 Å². The number of carbonyl (C=O) groups excluding carboxylic acids is 2. The van der Waals surface area contributed by atoms with Gasteiger partial charge in [-0.2, -0.15) is 0 Å². The molecule has 1 saturated heterocycles. The highest BCUT2D eigenvalue weighted by molar-refractivity contribution is 9.10. The molecule has 0 bridgehead atoms. The molecule has 1 aliphatic heterocycles. The summed E-state index contributed by atoms with van der Waals surface area (Å²) in [6.45, 7) is 3.47. The third-order valence-corrected chi connectivity index (χ3v) is 5.51. The molecule has 0 radical (unpaired) electrons. The molecule has 2 amide bonds. The zero-order valence-corrected chi connectivity index (χ0v) is 17.2. The number of piperidine rings is 1. The van der Waals surface area contributed by atoms with Crippen LogP contribution >= 0.6 is 15.9 Å². The van der Waals surface area contributed by atoms with Gasteiger partial charge in [0.15, 0.2) is 0 Å². The van der Waals surface area contributed by atoms with Crippen molar-refractivity contribution in [2.24, 2.45) is 0 Å². The number of halogens is 1. The van der Waals surface area contributed by atoms with Gasteiger partial charge in [0.1, 0.15) is 0 Å². The molecule has 5 heteroatoms. The Labute approximate surface area is 169 Å². The summed E-state index contributed by atoms with van der Waals surface area (Å²) < 4.78 is 0.893. The van der Waals surface area contributed by atoms with Crippen LogP contribution in [0.4, 0.5) is 0 Å². The topological polar surface area (TPSA) is 49.4 Å². The Morgan fingerprint density at radius 1 is 1.11 bits per heavy atom. The second kappa shape index (κ2) is 9.18. The van der Waals surface area contributed by atoms with Gasteiger partial charge in [0.2, 0.25) is 5.91 Å². The van der Waals surface area contributed by atoms with Crippen LogP contribution in [0, 0.1) is 6.92 Å². The number of nitrogens with zero attached hydrogens (tertiary/aromatic N) is 1. The third kappa shape index (κ3) is 5.67. The number of benzene rings is 2. The summed E-state index contributed by atoms with van der Waals surface area (Å²) in [6.07, 6.45) is 2.92. The Hall–Kier alpha value is -2.14. The van der Waals surface area contributed by atoms with Crippen molar-refractivity contribution in [2.45, 2.75) is 38.6 Å². The van der Waals surface area contributed by atoms with Crippen molar-refractivity contribution in [1.82, 2.24) is 10.2 Å². The molecule has 4 nitrogen and oxygen atoms in total. The summed E-state index contributed by atoms with van der Waals surface area (Å²) in [5.41, 5.74) is 3.09. The van der Waals surface area contributed by atoms with E-state index in [0.717, 1.165) is 23.7 Å². The van der Waals surface area contributed by atoms with E-state index in [-0.39, 0.29) is 17.9 Å². The van der Waals surface area contributed by atoms with Crippen LogP contribution in [0.25, 0.3) is 0 Å². The van der Waals surface area contributed by atoms with E-state index in [4.69, 9.17) is 0 Å². The Kier molecular flexibility index (Phi) is 6.67. The Balaban J connectivity index is 1.43. The van der Waals surface area contributed by atoms with Gasteiger partial charge >= 0.3 is 0 Å². The maximum absolute atomic E-state index is 12.5. The van der Waals surface area contributed by atoms with E-state index in [1.165, 1.54) is 11.1 Å². The first-order chi connectivity index (χ1) is 13.0. The van der Waals surface area contributed by atoms with Gasteiger partial charge in [-0.25, -0.2) is 0 Å². The minimum absolute atomic E-state index is 0.0551. The van der Waals surface area contributed by atoms with E-state index in [1.54, 1.807) is 0 Å². The van der Waals surface area contributed by atoms with Crippen LogP contribution in [0.15, 0.2) is 53.0 Å². The normalized spacial score (nSPS) is 14.8. The SMILES string of the molecule is Cc1ccc(CCC(=O)N2CCC(NC(=O)c3cccc(Br)c3)CC2)cc1. The van der Waals surface area contributed by atoms with Crippen LogP contribution in [0.2, 0.25) is 0 Å². The van der Waals surface area contributed by atoms with Crippen molar-refractivity contribution < 1.29 is 9.59 Å². The molecular weight excluding hydrogens is 404 g/mol. The second-order valence-corrected chi connectivity index (χ2v) is 8.04. The molecule has 1 heterocycles. The van der Waals surface area contributed by atoms with Crippen LogP contribution < -0.4 is 5.32 Å². The summed E-state index contributed by atoms with van der Waals surface area (Å²) in [5.74, 6) is 0.146. The fourth-order valence-corrected chi connectivity index (χ4v) is 3.74. The number of likely N-dealkylation sites (tertiary alicyclic amines) is 1. The monoisotopic (exact) mass is 428 g/mol. The summed E-state index contributed by atoms with van der Waals surface area (Å²) in [6, 6.07) is 15.9. The minimum atomic E-state index is -0.0551. The molecule has 0 aliphatic carbocycles. The van der Waals surface area contributed by atoms with Gasteiger partial charge in [0.25, 0.3) is 5.91 Å². The number of amides is 2. The predicted octanol–water partition coefficient (Wildman–Crippen LogP) is 4.11. The van der Waals surface area contributed by atoms with Crippen molar-refractivity contribution in [1.29, 1.82) is 0 Å². The first-order valence-corrected chi connectivity index (χ1v) is 10.2. The lowest BCUT2D eigenvalue weighted by molar-refractivity contribution is -0.132. The van der Waals surface area contributed by atoms with Gasteiger partial charge in [0.05, 0.1) is 0 Å². The summed E-state index contributed by atoms with van der Waals surface area (Å²) in [7, 11) is 0. The molecule has 1 fully saturated rings. The number of rotatable bonds is 5. The lowest BCUT2D eigenvalue weighted by atomic mass is 10.0. The summed E-state index contributed by atoms with van der Waals surface area (Å²) in [5, 5.41) is 3.09. The zero-order chi connectivity index (χ0) is 19.2. The van der Waals surface area contributed by atoms with Crippen molar-refractivity contribution in [3.05, 3.63) is 69.7 Å². The molecule has 2 aromatic carbocycles. The predicted molar refractivity (Wildman–Crippen MR) is 111 cm³/mol. The summed E-state index contributed by atoms with van der Waals surface area (Å²) >= 11 is 3.39. The number of hydrogen-bond donors (Lipinski definition) is 1. The van der Waals surface area contributed by atoms with Crippen molar-refractivity contribution >= 4 is 27.7 Å². The molecule has 27 heavy (non-hydrogen) atoms. The highest BCUT2D eigenvalue weighted by atomic mass is 79.9. The smallest absolute Gasteiger partial charge is 0.251 e. The van der Waals surface area contributed by atoms with Gasteiger partial charge in [-0.3, -0.25) is 9.59 Å². The van der Waals surface area contributed by atoms with Crippen molar-refractivity contribution in [3.8, 4) is 0 Å². The molecule has 0 spiro atoms. The largest absolute Gasteiger partial charge is 0.349 e. The molecule has 1 aliphatic rings. The highest BCUT2D eigenvalue weighted by Crippen LogP contribution is 2.15. The van der Waals surface area contributed by atoms with Crippen LogP contribution in [-0.2, 0) is 11.2 Å². The van der Waals surface area contributed by atoms with Crippen molar-refractivity contribution in [3.63, 3.8) is 0 Å². The summed E-state index contributed by atoms with van der Waals surface area (Å²) in [4.78, 5) is 26.7. The first kappa shape index (κ1) is 19.6. The third-order valence-electron chi connectivity index (χ3n) is 5.02. The minimum Gasteiger partial charge on any atom is -0.349 e. The van der Waals surface area contributed by atoms with Gasteiger partial charge in [-0.15, -0.1) is 0 Å². The Morgan fingerprint density at radius 3 is 2.48 bits per heavy atom. The van der Waals surface area contributed by atoms with E-state index >= 15 is 0 Å². The van der Waals surface area contributed by atoms with Crippen LogP contribution in [-0.4, -0.2) is 35.8 Å². The quantitative estimate of drug-likeness (QED) is 0.778. The molecule has 0 unspecified atom stereocenters.